The molecule has 0 N–H and O–H groups in total. The predicted octanol–water partition coefficient (Wildman–Crippen LogP) is 5.91. The van der Waals surface area contributed by atoms with Crippen LogP contribution in [0.15, 0.2) is 46.9 Å². The first kappa shape index (κ1) is 17.2. The van der Waals surface area contributed by atoms with E-state index in [0.29, 0.717) is 22.6 Å². The Morgan fingerprint density at radius 1 is 0.893 bits per heavy atom. The Bertz CT molecular complexity index is 1150. The summed E-state index contributed by atoms with van der Waals surface area (Å²) in [4.78, 5) is 26.3. The largest absolute Gasteiger partial charge is 0.455 e. The second kappa shape index (κ2) is 5.78. The van der Waals surface area contributed by atoms with Gasteiger partial charge in [0.1, 0.15) is 11.5 Å². The average Bonchev–Trinajstić information content (AvgIpc) is 3.03. The molecule has 0 unspecified atom stereocenters. The van der Waals surface area contributed by atoms with Crippen LogP contribution in [0.4, 0.5) is 0 Å². The zero-order valence-electron chi connectivity index (χ0n) is 16.4. The third kappa shape index (κ3) is 2.22. The van der Waals surface area contributed by atoms with Crippen LogP contribution in [0.2, 0.25) is 0 Å². The molecule has 0 spiro atoms. The maximum absolute atomic E-state index is 13.2. The molecular weight excluding hydrogens is 348 g/mol. The number of carbonyl (C=O) groups is 2. The Balaban J connectivity index is 1.80. The Hall–Kier alpha value is -2.94. The monoisotopic (exact) mass is 370 g/mol. The summed E-state index contributed by atoms with van der Waals surface area (Å²) < 4.78 is 6.24. The first-order valence-corrected chi connectivity index (χ1v) is 9.84. The van der Waals surface area contributed by atoms with Crippen molar-refractivity contribution < 1.29 is 14.0 Å². The van der Waals surface area contributed by atoms with E-state index in [4.69, 9.17) is 4.42 Å². The zero-order chi connectivity index (χ0) is 19.6. The SMILES string of the molecule is Cc1c(-c2ccccc2)oc2c1C(=O)C(=O)c1c-2ccc2c1CCCC2(C)C. The first-order chi connectivity index (χ1) is 13.4. The molecule has 3 aromatic rings. The van der Waals surface area contributed by atoms with E-state index >= 15 is 0 Å². The summed E-state index contributed by atoms with van der Waals surface area (Å²) in [6.07, 6.45) is 2.95. The number of Topliss-reactive ketones (excluding diaryl/α,β-unsaturated/α-hetero) is 2. The predicted molar refractivity (Wildman–Crippen MR) is 109 cm³/mol. The number of carbonyl (C=O) groups excluding carboxylic acids is 2. The summed E-state index contributed by atoms with van der Waals surface area (Å²) in [7, 11) is 0. The lowest BCUT2D eigenvalue weighted by molar-refractivity contribution is 0.0813. The van der Waals surface area contributed by atoms with Crippen molar-refractivity contribution in [1.29, 1.82) is 0 Å². The number of fused-ring (bicyclic) bond motifs is 5. The van der Waals surface area contributed by atoms with Crippen LogP contribution in [-0.4, -0.2) is 11.6 Å². The van der Waals surface area contributed by atoms with Crippen molar-refractivity contribution in [3.8, 4) is 22.6 Å². The van der Waals surface area contributed by atoms with Gasteiger partial charge in [0.2, 0.25) is 11.6 Å². The van der Waals surface area contributed by atoms with Gasteiger partial charge in [-0.2, -0.15) is 0 Å². The van der Waals surface area contributed by atoms with Crippen molar-refractivity contribution in [2.24, 2.45) is 0 Å². The summed E-state index contributed by atoms with van der Waals surface area (Å²) in [5.74, 6) is 0.378. The number of furan rings is 1. The molecular formula is C25H22O3. The Morgan fingerprint density at radius 2 is 1.61 bits per heavy atom. The molecule has 1 heterocycles. The van der Waals surface area contributed by atoms with Crippen LogP contribution in [0.25, 0.3) is 22.6 Å². The van der Waals surface area contributed by atoms with Crippen molar-refractivity contribution >= 4 is 11.6 Å². The van der Waals surface area contributed by atoms with Crippen LogP contribution < -0.4 is 0 Å². The minimum atomic E-state index is -0.442. The van der Waals surface area contributed by atoms with E-state index in [2.05, 4.69) is 19.9 Å². The first-order valence-electron chi connectivity index (χ1n) is 9.84. The molecule has 28 heavy (non-hydrogen) atoms. The van der Waals surface area contributed by atoms with Gasteiger partial charge >= 0.3 is 0 Å². The van der Waals surface area contributed by atoms with Gasteiger partial charge in [0.15, 0.2) is 0 Å². The quantitative estimate of drug-likeness (QED) is 0.500. The molecule has 1 aromatic heterocycles. The molecule has 2 aliphatic carbocycles. The van der Waals surface area contributed by atoms with Crippen LogP contribution in [0.1, 0.15) is 64.1 Å². The molecule has 2 aliphatic rings. The minimum absolute atomic E-state index is 0.0144. The van der Waals surface area contributed by atoms with E-state index in [1.165, 1.54) is 5.56 Å². The molecule has 0 fully saturated rings. The lowest BCUT2D eigenvalue weighted by Crippen LogP contribution is -2.29. The maximum atomic E-state index is 13.2. The molecule has 140 valence electrons. The van der Waals surface area contributed by atoms with E-state index in [1.54, 1.807) is 0 Å². The number of rotatable bonds is 1. The highest BCUT2D eigenvalue weighted by Gasteiger charge is 2.40. The second-order valence-electron chi connectivity index (χ2n) is 8.54. The summed E-state index contributed by atoms with van der Waals surface area (Å²) >= 11 is 0. The van der Waals surface area contributed by atoms with Gasteiger partial charge in [0, 0.05) is 22.3 Å². The molecule has 0 amide bonds. The van der Waals surface area contributed by atoms with Crippen molar-refractivity contribution in [2.45, 2.75) is 45.4 Å². The Morgan fingerprint density at radius 3 is 2.36 bits per heavy atom. The van der Waals surface area contributed by atoms with Gasteiger partial charge in [-0.05, 0) is 42.7 Å². The molecule has 0 bridgehead atoms. The standard InChI is InChI=1S/C25H22O3/c1-14-19-21(26)22(27)20-16-10-7-13-25(2,3)18(16)12-11-17(20)24(19)28-23(14)15-8-5-4-6-9-15/h4-6,8-9,11-12H,7,10,13H2,1-3H3. The molecule has 2 aromatic carbocycles. The highest BCUT2D eigenvalue weighted by Crippen LogP contribution is 2.46. The van der Waals surface area contributed by atoms with E-state index in [9.17, 15) is 9.59 Å². The second-order valence-corrected chi connectivity index (χ2v) is 8.54. The maximum Gasteiger partial charge on any atom is 0.237 e. The zero-order valence-corrected chi connectivity index (χ0v) is 16.4. The fourth-order valence-electron chi connectivity index (χ4n) is 4.90. The fourth-order valence-corrected chi connectivity index (χ4v) is 4.90. The van der Waals surface area contributed by atoms with Gasteiger partial charge in [0.25, 0.3) is 0 Å². The van der Waals surface area contributed by atoms with Crippen LogP contribution in [0.5, 0.6) is 0 Å². The third-order valence-electron chi connectivity index (χ3n) is 6.36. The van der Waals surface area contributed by atoms with Crippen molar-refractivity contribution in [2.75, 3.05) is 0 Å². The molecule has 0 saturated carbocycles. The van der Waals surface area contributed by atoms with Gasteiger partial charge in [-0.1, -0.05) is 56.3 Å². The molecule has 3 nitrogen and oxygen atoms in total. The van der Waals surface area contributed by atoms with Gasteiger partial charge in [-0.25, -0.2) is 0 Å². The molecule has 0 saturated heterocycles. The van der Waals surface area contributed by atoms with E-state index in [1.807, 2.05) is 43.3 Å². The van der Waals surface area contributed by atoms with Gasteiger partial charge in [0.05, 0.1) is 5.56 Å². The van der Waals surface area contributed by atoms with E-state index in [0.717, 1.165) is 41.5 Å². The number of ketones is 2. The molecule has 3 heteroatoms. The topological polar surface area (TPSA) is 47.3 Å². The van der Waals surface area contributed by atoms with E-state index < -0.39 is 5.78 Å². The lowest BCUT2D eigenvalue weighted by Gasteiger charge is -2.34. The summed E-state index contributed by atoms with van der Waals surface area (Å²) in [6.45, 7) is 6.29. The average molecular weight is 370 g/mol. The van der Waals surface area contributed by atoms with E-state index in [-0.39, 0.29) is 11.2 Å². The summed E-state index contributed by atoms with van der Waals surface area (Å²) in [5.41, 5.74) is 5.64. The highest BCUT2D eigenvalue weighted by atomic mass is 16.3. The highest BCUT2D eigenvalue weighted by molar-refractivity contribution is 6.53. The smallest absolute Gasteiger partial charge is 0.237 e. The van der Waals surface area contributed by atoms with Gasteiger partial charge < -0.3 is 4.42 Å². The number of benzene rings is 2. The van der Waals surface area contributed by atoms with Crippen LogP contribution in [0, 0.1) is 6.92 Å². The fraction of sp³-hybridized carbons (Fsp3) is 0.280. The Labute approximate surface area is 164 Å². The summed E-state index contributed by atoms with van der Waals surface area (Å²) in [6, 6.07) is 13.8. The molecule has 5 rings (SSSR count). The van der Waals surface area contributed by atoms with Gasteiger partial charge in [-0.15, -0.1) is 0 Å². The van der Waals surface area contributed by atoms with Crippen LogP contribution in [-0.2, 0) is 11.8 Å². The lowest BCUT2D eigenvalue weighted by atomic mass is 9.69. The van der Waals surface area contributed by atoms with Crippen LogP contribution in [0.3, 0.4) is 0 Å². The number of hydrogen-bond donors (Lipinski definition) is 0. The minimum Gasteiger partial charge on any atom is -0.455 e. The van der Waals surface area contributed by atoms with Gasteiger partial charge in [-0.3, -0.25) is 9.59 Å². The van der Waals surface area contributed by atoms with Crippen molar-refractivity contribution in [3.05, 3.63) is 70.3 Å². The third-order valence-corrected chi connectivity index (χ3v) is 6.36. The number of hydrogen-bond acceptors (Lipinski definition) is 3. The van der Waals surface area contributed by atoms with Crippen LogP contribution >= 0.6 is 0 Å². The van der Waals surface area contributed by atoms with Crippen molar-refractivity contribution in [1.82, 2.24) is 0 Å². The molecule has 0 radical (unpaired) electrons. The normalized spacial score (nSPS) is 17.1. The van der Waals surface area contributed by atoms with Crippen molar-refractivity contribution in [3.63, 3.8) is 0 Å². The summed E-state index contributed by atoms with van der Waals surface area (Å²) in [5, 5.41) is 0. The Kier molecular flexibility index (Phi) is 3.54. The molecule has 0 atom stereocenters. The molecule has 0 aliphatic heterocycles.